The first-order valence-electron chi connectivity index (χ1n) is 4.92. The minimum absolute atomic E-state index is 0. The molecule has 3 nitrogen and oxygen atoms in total. The van der Waals surface area contributed by atoms with Crippen LogP contribution in [-0.4, -0.2) is 11.2 Å². The molecule has 88 valence electrons. The van der Waals surface area contributed by atoms with Gasteiger partial charge in [0.25, 0.3) is 0 Å². The van der Waals surface area contributed by atoms with Crippen LogP contribution in [0.25, 0.3) is 0 Å². The van der Waals surface area contributed by atoms with Gasteiger partial charge < -0.3 is 21.7 Å². The van der Waals surface area contributed by atoms with Crippen molar-refractivity contribution in [2.75, 3.05) is 6.61 Å². The van der Waals surface area contributed by atoms with Gasteiger partial charge in [-0.3, -0.25) is 0 Å². The summed E-state index contributed by atoms with van der Waals surface area (Å²) >= 11 is 1.68. The third-order valence-corrected chi connectivity index (χ3v) is 3.08. The highest BCUT2D eigenvalue weighted by molar-refractivity contribution is 7.08. The number of nitrogens with zero attached hydrogens (tertiary/aromatic N) is 2. The molecule has 0 bridgehead atoms. The maximum absolute atomic E-state index is 5.67. The van der Waals surface area contributed by atoms with E-state index in [9.17, 15) is 0 Å². The van der Waals surface area contributed by atoms with Crippen LogP contribution >= 0.6 is 11.3 Å². The summed E-state index contributed by atoms with van der Waals surface area (Å²) in [6, 6.07) is 0. The predicted molar refractivity (Wildman–Crippen MR) is 60.2 cm³/mol. The Hall–Kier alpha value is -0.810. The SMILES string of the molecule is Cc1cscc1OCCn1cc[n+](C)c1.[Br-]. The molecule has 16 heavy (non-hydrogen) atoms. The lowest BCUT2D eigenvalue weighted by Gasteiger charge is -2.02. The van der Waals surface area contributed by atoms with Crippen molar-refractivity contribution in [2.24, 2.45) is 7.05 Å². The molecule has 0 N–H and O–H groups in total. The minimum atomic E-state index is 0. The first-order chi connectivity index (χ1) is 7.25. The van der Waals surface area contributed by atoms with Gasteiger partial charge in [0.05, 0.1) is 7.05 Å². The van der Waals surface area contributed by atoms with Gasteiger partial charge in [0, 0.05) is 10.9 Å². The summed E-state index contributed by atoms with van der Waals surface area (Å²) in [5, 5.41) is 4.15. The molecule has 0 amide bonds. The Bertz CT molecular complexity index is 439. The highest BCUT2D eigenvalue weighted by Gasteiger charge is 2.02. The second-order valence-electron chi connectivity index (χ2n) is 3.58. The van der Waals surface area contributed by atoms with Gasteiger partial charge in [-0.25, -0.2) is 9.13 Å². The zero-order valence-electron chi connectivity index (χ0n) is 9.39. The Morgan fingerprint density at radius 3 is 2.81 bits per heavy atom. The number of ether oxygens (including phenoxy) is 1. The van der Waals surface area contributed by atoms with E-state index < -0.39 is 0 Å². The van der Waals surface area contributed by atoms with E-state index in [1.54, 1.807) is 11.3 Å². The van der Waals surface area contributed by atoms with Crippen molar-refractivity contribution < 1.29 is 26.3 Å². The van der Waals surface area contributed by atoms with E-state index in [2.05, 4.69) is 16.9 Å². The fraction of sp³-hybridized carbons (Fsp3) is 0.364. The number of thiophene rings is 1. The summed E-state index contributed by atoms with van der Waals surface area (Å²) in [6.07, 6.45) is 6.11. The van der Waals surface area contributed by atoms with Gasteiger partial charge in [-0.1, -0.05) is 0 Å². The van der Waals surface area contributed by atoms with Crippen LogP contribution in [0.1, 0.15) is 5.56 Å². The van der Waals surface area contributed by atoms with E-state index in [0.717, 1.165) is 12.3 Å². The number of rotatable bonds is 4. The number of aryl methyl sites for hydroxylation is 2. The van der Waals surface area contributed by atoms with E-state index in [-0.39, 0.29) is 17.0 Å². The summed E-state index contributed by atoms with van der Waals surface area (Å²) in [4.78, 5) is 0. The summed E-state index contributed by atoms with van der Waals surface area (Å²) in [6.45, 7) is 3.67. The van der Waals surface area contributed by atoms with Gasteiger partial charge in [-0.2, -0.15) is 0 Å². The van der Waals surface area contributed by atoms with Crippen LogP contribution in [0, 0.1) is 6.92 Å². The minimum Gasteiger partial charge on any atom is -1.00 e. The van der Waals surface area contributed by atoms with Crippen molar-refractivity contribution in [1.29, 1.82) is 0 Å². The number of halogens is 1. The second-order valence-corrected chi connectivity index (χ2v) is 4.33. The van der Waals surface area contributed by atoms with E-state index in [0.29, 0.717) is 6.61 Å². The van der Waals surface area contributed by atoms with E-state index in [1.807, 2.05) is 35.7 Å². The molecule has 2 rings (SSSR count). The van der Waals surface area contributed by atoms with Crippen LogP contribution in [0.4, 0.5) is 0 Å². The topological polar surface area (TPSA) is 18.0 Å². The number of hydrogen-bond acceptors (Lipinski definition) is 2. The van der Waals surface area contributed by atoms with Crippen molar-refractivity contribution in [3.8, 4) is 5.75 Å². The smallest absolute Gasteiger partial charge is 0.243 e. The maximum atomic E-state index is 5.67. The molecule has 0 unspecified atom stereocenters. The summed E-state index contributed by atoms with van der Waals surface area (Å²) in [5.41, 5.74) is 1.22. The van der Waals surface area contributed by atoms with Gasteiger partial charge in [-0.05, 0) is 12.3 Å². The summed E-state index contributed by atoms with van der Waals surface area (Å²) in [7, 11) is 2.01. The molecular weight excluding hydrogens is 288 g/mol. The molecule has 0 aliphatic rings. The Balaban J connectivity index is 0.00000128. The number of hydrogen-bond donors (Lipinski definition) is 0. The molecule has 5 heteroatoms. The molecule has 0 aliphatic carbocycles. The lowest BCUT2D eigenvalue weighted by atomic mass is 10.4. The quantitative estimate of drug-likeness (QED) is 0.647. The molecule has 0 radical (unpaired) electrons. The predicted octanol–water partition coefficient (Wildman–Crippen LogP) is -1.23. The van der Waals surface area contributed by atoms with Crippen LogP contribution in [0.2, 0.25) is 0 Å². The van der Waals surface area contributed by atoms with Crippen LogP contribution in [0.5, 0.6) is 5.75 Å². The van der Waals surface area contributed by atoms with Crippen molar-refractivity contribution in [3.05, 3.63) is 35.0 Å². The van der Waals surface area contributed by atoms with Crippen LogP contribution in [0.15, 0.2) is 29.5 Å². The molecule has 2 aromatic heterocycles. The fourth-order valence-electron chi connectivity index (χ4n) is 1.39. The monoisotopic (exact) mass is 302 g/mol. The second kappa shape index (κ2) is 6.06. The first-order valence-corrected chi connectivity index (χ1v) is 5.86. The Labute approximate surface area is 110 Å². The average molecular weight is 303 g/mol. The van der Waals surface area contributed by atoms with E-state index >= 15 is 0 Å². The number of aromatic nitrogens is 2. The third-order valence-electron chi connectivity index (χ3n) is 2.24. The molecule has 0 saturated heterocycles. The molecule has 0 spiro atoms. The Morgan fingerprint density at radius 1 is 1.44 bits per heavy atom. The average Bonchev–Trinajstić information content (AvgIpc) is 2.77. The fourth-order valence-corrected chi connectivity index (χ4v) is 2.16. The van der Waals surface area contributed by atoms with Crippen LogP contribution in [0.3, 0.4) is 0 Å². The molecule has 2 heterocycles. The molecule has 0 fully saturated rings. The zero-order valence-corrected chi connectivity index (χ0v) is 11.8. The van der Waals surface area contributed by atoms with Crippen molar-refractivity contribution in [2.45, 2.75) is 13.5 Å². The largest absolute Gasteiger partial charge is 1.00 e. The lowest BCUT2D eigenvalue weighted by molar-refractivity contribution is -0.671. The summed E-state index contributed by atoms with van der Waals surface area (Å²) in [5.74, 6) is 1.01. The molecule has 0 aliphatic heterocycles. The van der Waals surface area contributed by atoms with Crippen LogP contribution in [-0.2, 0) is 13.6 Å². The highest BCUT2D eigenvalue weighted by Crippen LogP contribution is 2.21. The van der Waals surface area contributed by atoms with Gasteiger partial charge >= 0.3 is 0 Å². The Kier molecular flexibility index (Phi) is 5.02. The molecule has 0 atom stereocenters. The molecule has 2 aromatic rings. The molecule has 0 aromatic carbocycles. The van der Waals surface area contributed by atoms with Gasteiger partial charge in [0.1, 0.15) is 31.3 Å². The first kappa shape index (κ1) is 13.3. The normalized spacial score (nSPS) is 9.88. The van der Waals surface area contributed by atoms with Crippen molar-refractivity contribution in [3.63, 3.8) is 0 Å². The maximum Gasteiger partial charge on any atom is 0.243 e. The number of imidazole rings is 1. The van der Waals surface area contributed by atoms with Crippen LogP contribution < -0.4 is 26.3 Å². The Morgan fingerprint density at radius 2 is 2.25 bits per heavy atom. The molecule has 0 saturated carbocycles. The standard InChI is InChI=1S/C11H15N2OS.BrH/c1-10-7-15-8-11(10)14-6-5-13-4-3-12(2)9-13;/h3-4,7-9H,5-6H2,1-2H3;1H/q+1;/p-1. The van der Waals surface area contributed by atoms with E-state index in [4.69, 9.17) is 4.74 Å². The van der Waals surface area contributed by atoms with Gasteiger partial charge in [-0.15, -0.1) is 11.3 Å². The van der Waals surface area contributed by atoms with Gasteiger partial charge in [0.15, 0.2) is 0 Å². The summed E-state index contributed by atoms with van der Waals surface area (Å²) < 4.78 is 9.81. The van der Waals surface area contributed by atoms with E-state index in [1.165, 1.54) is 5.56 Å². The highest BCUT2D eigenvalue weighted by atomic mass is 79.9. The lowest BCUT2D eigenvalue weighted by Crippen LogP contribution is -3.00. The van der Waals surface area contributed by atoms with Crippen molar-refractivity contribution >= 4 is 11.3 Å². The zero-order chi connectivity index (χ0) is 10.7. The van der Waals surface area contributed by atoms with Crippen molar-refractivity contribution in [1.82, 2.24) is 4.57 Å². The third kappa shape index (κ3) is 3.35. The van der Waals surface area contributed by atoms with Gasteiger partial charge in [0.2, 0.25) is 6.33 Å². The molecular formula is C11H15BrN2OS.